The minimum Gasteiger partial charge on any atom is -0.309 e. The summed E-state index contributed by atoms with van der Waals surface area (Å²) in [5.74, 6) is 0. The van der Waals surface area contributed by atoms with E-state index in [4.69, 9.17) is 22.6 Å². The fraction of sp³-hybridized carbons (Fsp3) is 0.455. The van der Waals surface area contributed by atoms with Crippen LogP contribution >= 0.6 is 15.4 Å². The van der Waals surface area contributed by atoms with Gasteiger partial charge in [0, 0.05) is 0 Å². The maximum Gasteiger partial charge on any atom is 0.475 e. The molecule has 9 heteroatoms. The molecule has 2 aromatic carbocycles. The lowest BCUT2D eigenvalue weighted by molar-refractivity contribution is 0.0438. The highest BCUT2D eigenvalue weighted by atomic mass is 31.2. The highest BCUT2D eigenvalue weighted by Gasteiger charge is 2.49. The average molecular weight is 470 g/mol. The number of benzene rings is 2. The minimum absolute atomic E-state index is 0.117. The Bertz CT molecular complexity index is 780. The molecule has 0 aliphatic heterocycles. The van der Waals surface area contributed by atoms with Gasteiger partial charge in [0.15, 0.2) is 0 Å². The van der Waals surface area contributed by atoms with Gasteiger partial charge in [-0.15, -0.1) is 0 Å². The molecule has 0 aromatic heterocycles. The lowest BCUT2D eigenvalue weighted by Gasteiger charge is -2.38. The standard InChI is InChI=1S/C22H32O7P2/c1-5-25-30(23,26-6-2)19-22(20-15-11-9-12-16-20,21-17-13-10-14-18-21)29-31(24,27-7-3)28-8-4/h9-18H,5-8,19H2,1-4H3. The van der Waals surface area contributed by atoms with Crippen molar-refractivity contribution in [3.63, 3.8) is 0 Å². The van der Waals surface area contributed by atoms with E-state index in [9.17, 15) is 9.13 Å². The fourth-order valence-electron chi connectivity index (χ4n) is 3.29. The molecule has 0 aliphatic carbocycles. The molecule has 0 aliphatic rings. The largest absolute Gasteiger partial charge is 0.475 e. The van der Waals surface area contributed by atoms with Crippen LogP contribution < -0.4 is 0 Å². The summed E-state index contributed by atoms with van der Waals surface area (Å²) in [5, 5.41) is 0. The van der Waals surface area contributed by atoms with Crippen LogP contribution in [0.25, 0.3) is 0 Å². The van der Waals surface area contributed by atoms with Gasteiger partial charge >= 0.3 is 15.4 Å². The van der Waals surface area contributed by atoms with Gasteiger partial charge in [0.25, 0.3) is 0 Å². The second-order valence-corrected chi connectivity index (χ2v) is 10.2. The third-order valence-electron chi connectivity index (χ3n) is 4.39. The van der Waals surface area contributed by atoms with E-state index in [0.717, 1.165) is 0 Å². The van der Waals surface area contributed by atoms with Gasteiger partial charge in [-0.2, -0.15) is 0 Å². The Morgan fingerprint density at radius 2 is 1.03 bits per heavy atom. The Kier molecular flexibility index (Phi) is 10.1. The SMILES string of the molecule is CCOP(=O)(CC(OP(=O)(OCC)OCC)(c1ccccc1)c1ccccc1)OCC. The molecule has 0 heterocycles. The normalized spacial score (nSPS) is 12.8. The summed E-state index contributed by atoms with van der Waals surface area (Å²) in [7, 11) is -7.68. The van der Waals surface area contributed by atoms with Crippen LogP contribution in [0.3, 0.4) is 0 Å². The smallest absolute Gasteiger partial charge is 0.309 e. The van der Waals surface area contributed by atoms with Gasteiger partial charge < -0.3 is 9.05 Å². The van der Waals surface area contributed by atoms with E-state index in [1.54, 1.807) is 27.7 Å². The quantitative estimate of drug-likeness (QED) is 0.296. The molecule has 2 aromatic rings. The first-order chi connectivity index (χ1) is 14.9. The summed E-state index contributed by atoms with van der Waals surface area (Å²) in [6, 6.07) is 18.3. The Morgan fingerprint density at radius 1 is 0.645 bits per heavy atom. The van der Waals surface area contributed by atoms with Crippen LogP contribution in [0.1, 0.15) is 38.8 Å². The summed E-state index contributed by atoms with van der Waals surface area (Å²) < 4.78 is 55.5. The monoisotopic (exact) mass is 470 g/mol. The van der Waals surface area contributed by atoms with E-state index in [1.165, 1.54) is 0 Å². The summed E-state index contributed by atoms with van der Waals surface area (Å²) in [4.78, 5) is 0. The Balaban J connectivity index is 2.76. The summed E-state index contributed by atoms with van der Waals surface area (Å²) in [6.45, 7) is 7.49. The van der Waals surface area contributed by atoms with Crippen molar-refractivity contribution < 1.29 is 31.7 Å². The predicted octanol–water partition coefficient (Wildman–Crippen LogP) is 6.39. The fourth-order valence-corrected chi connectivity index (χ4v) is 6.88. The Hall–Kier alpha value is -1.30. The van der Waals surface area contributed by atoms with Crippen molar-refractivity contribution in [2.45, 2.75) is 33.3 Å². The zero-order valence-electron chi connectivity index (χ0n) is 18.6. The van der Waals surface area contributed by atoms with E-state index in [1.807, 2.05) is 60.7 Å². The van der Waals surface area contributed by atoms with Crippen LogP contribution in [0.4, 0.5) is 0 Å². The van der Waals surface area contributed by atoms with Gasteiger partial charge in [0.05, 0.1) is 32.6 Å². The molecule has 0 fully saturated rings. The predicted molar refractivity (Wildman–Crippen MR) is 121 cm³/mol. The first-order valence-corrected chi connectivity index (χ1v) is 13.6. The molecule has 2 rings (SSSR count). The van der Waals surface area contributed by atoms with E-state index >= 15 is 0 Å². The summed E-state index contributed by atoms with van der Waals surface area (Å²) >= 11 is 0. The molecular weight excluding hydrogens is 438 g/mol. The van der Waals surface area contributed by atoms with Crippen LogP contribution in [-0.4, -0.2) is 32.6 Å². The lowest BCUT2D eigenvalue weighted by Crippen LogP contribution is -2.35. The number of hydrogen-bond acceptors (Lipinski definition) is 7. The van der Waals surface area contributed by atoms with E-state index in [2.05, 4.69) is 0 Å². The van der Waals surface area contributed by atoms with E-state index in [0.29, 0.717) is 11.1 Å². The molecule has 0 atom stereocenters. The molecule has 172 valence electrons. The van der Waals surface area contributed by atoms with Crippen LogP contribution in [-0.2, 0) is 37.3 Å². The van der Waals surface area contributed by atoms with Crippen molar-refractivity contribution in [2.24, 2.45) is 0 Å². The van der Waals surface area contributed by atoms with Gasteiger partial charge in [-0.05, 0) is 38.8 Å². The molecule has 0 radical (unpaired) electrons. The third kappa shape index (κ3) is 6.84. The van der Waals surface area contributed by atoms with Crippen LogP contribution in [0.2, 0.25) is 0 Å². The van der Waals surface area contributed by atoms with E-state index < -0.39 is 21.0 Å². The molecular formula is C22H32O7P2. The first-order valence-electron chi connectivity index (χ1n) is 10.5. The molecule has 0 amide bonds. The van der Waals surface area contributed by atoms with Gasteiger partial charge in [0.2, 0.25) is 0 Å². The molecule has 7 nitrogen and oxygen atoms in total. The molecule has 0 spiro atoms. The van der Waals surface area contributed by atoms with Crippen molar-refractivity contribution in [1.29, 1.82) is 0 Å². The van der Waals surface area contributed by atoms with Crippen molar-refractivity contribution in [2.75, 3.05) is 32.6 Å². The van der Waals surface area contributed by atoms with E-state index in [-0.39, 0.29) is 32.6 Å². The van der Waals surface area contributed by atoms with Gasteiger partial charge in [-0.1, -0.05) is 60.7 Å². The first kappa shape index (κ1) is 26.0. The van der Waals surface area contributed by atoms with Crippen molar-refractivity contribution in [3.05, 3.63) is 71.8 Å². The molecule has 0 N–H and O–H groups in total. The topological polar surface area (TPSA) is 80.3 Å². The van der Waals surface area contributed by atoms with Gasteiger partial charge in [0.1, 0.15) is 5.60 Å². The van der Waals surface area contributed by atoms with Crippen molar-refractivity contribution in [3.8, 4) is 0 Å². The molecule has 0 saturated heterocycles. The Morgan fingerprint density at radius 3 is 1.39 bits per heavy atom. The molecule has 0 bridgehead atoms. The lowest BCUT2D eigenvalue weighted by atomic mass is 9.88. The van der Waals surface area contributed by atoms with Crippen molar-refractivity contribution in [1.82, 2.24) is 0 Å². The molecule has 0 saturated carbocycles. The number of phosphoric acid groups is 1. The summed E-state index contributed by atoms with van der Waals surface area (Å²) in [5.41, 5.74) is -0.219. The number of hydrogen-bond donors (Lipinski definition) is 0. The maximum absolute atomic E-state index is 13.7. The summed E-state index contributed by atoms with van der Waals surface area (Å²) in [6.07, 6.45) is -0.208. The van der Waals surface area contributed by atoms with Gasteiger partial charge in [-0.25, -0.2) is 4.57 Å². The average Bonchev–Trinajstić information content (AvgIpc) is 2.75. The van der Waals surface area contributed by atoms with Gasteiger partial charge in [-0.3, -0.25) is 18.1 Å². The second kappa shape index (κ2) is 12.1. The minimum atomic E-state index is -4.03. The zero-order chi connectivity index (χ0) is 22.8. The van der Waals surface area contributed by atoms with Crippen LogP contribution in [0.15, 0.2) is 60.7 Å². The molecule has 0 unspecified atom stereocenters. The third-order valence-corrected chi connectivity index (χ3v) is 8.21. The van der Waals surface area contributed by atoms with Crippen LogP contribution in [0, 0.1) is 0 Å². The number of phosphoric ester groups is 1. The Labute approximate surface area is 185 Å². The highest BCUT2D eigenvalue weighted by Crippen LogP contribution is 2.62. The molecule has 31 heavy (non-hydrogen) atoms. The number of rotatable bonds is 14. The highest BCUT2D eigenvalue weighted by molar-refractivity contribution is 7.54. The second-order valence-electron chi connectivity index (χ2n) is 6.54. The van der Waals surface area contributed by atoms with Crippen molar-refractivity contribution >= 4 is 15.4 Å². The van der Waals surface area contributed by atoms with Crippen LogP contribution in [0.5, 0.6) is 0 Å². The maximum atomic E-state index is 13.7. The zero-order valence-corrected chi connectivity index (χ0v) is 20.4.